The maximum Gasteiger partial charge on any atom is 0.242 e. The van der Waals surface area contributed by atoms with Crippen LogP contribution in [0.25, 0.3) is 0 Å². The van der Waals surface area contributed by atoms with Gasteiger partial charge in [0.2, 0.25) is 11.8 Å². The number of nitrogens with one attached hydrogen (secondary N) is 1. The third-order valence-electron chi connectivity index (χ3n) is 6.03. The van der Waals surface area contributed by atoms with E-state index in [9.17, 15) is 9.59 Å². The Bertz CT molecular complexity index is 952. The van der Waals surface area contributed by atoms with Gasteiger partial charge >= 0.3 is 0 Å². The average molecular weight is 508 g/mol. The number of benzene rings is 2. The lowest BCUT2D eigenvalue weighted by Crippen LogP contribution is -2.50. The summed E-state index contributed by atoms with van der Waals surface area (Å²) in [6.07, 6.45) is 4.25. The number of hydrogen-bond acceptors (Lipinski definition) is 3. The molecule has 1 N–H and O–H groups in total. The highest BCUT2D eigenvalue weighted by Crippen LogP contribution is 2.27. The van der Waals surface area contributed by atoms with Gasteiger partial charge in [-0.1, -0.05) is 71.4 Å². The number of thioether (sulfide) groups is 1. The zero-order valence-electron chi connectivity index (χ0n) is 19.5. The fourth-order valence-electron chi connectivity index (χ4n) is 4.32. The van der Waals surface area contributed by atoms with Crippen LogP contribution < -0.4 is 5.32 Å². The van der Waals surface area contributed by atoms with Crippen LogP contribution in [0.4, 0.5) is 0 Å². The first kappa shape index (κ1) is 25.9. The van der Waals surface area contributed by atoms with Crippen LogP contribution >= 0.6 is 35.0 Å². The molecule has 0 radical (unpaired) electrons. The third-order valence-corrected chi connectivity index (χ3v) is 7.73. The first-order valence-electron chi connectivity index (χ1n) is 11.4. The minimum absolute atomic E-state index is 0.102. The predicted octanol–water partition coefficient (Wildman–Crippen LogP) is 6.32. The Labute approximate surface area is 211 Å². The van der Waals surface area contributed by atoms with Gasteiger partial charge in [0.1, 0.15) is 6.04 Å². The van der Waals surface area contributed by atoms with Crippen molar-refractivity contribution in [3.8, 4) is 0 Å². The summed E-state index contributed by atoms with van der Waals surface area (Å²) < 4.78 is 0. The molecule has 33 heavy (non-hydrogen) atoms. The molecule has 2 aromatic rings. The van der Waals surface area contributed by atoms with Gasteiger partial charge in [0, 0.05) is 33.9 Å². The number of hydrogen-bond donors (Lipinski definition) is 1. The molecule has 0 heterocycles. The highest BCUT2D eigenvalue weighted by molar-refractivity contribution is 7.99. The van der Waals surface area contributed by atoms with Crippen LogP contribution in [0.2, 0.25) is 10.0 Å². The Hall–Kier alpha value is -1.69. The van der Waals surface area contributed by atoms with Gasteiger partial charge in [0.25, 0.3) is 0 Å². The van der Waals surface area contributed by atoms with E-state index in [0.29, 0.717) is 15.6 Å². The number of carbonyl (C=O) groups excluding carboxylic acids is 2. The molecule has 1 fully saturated rings. The largest absolute Gasteiger partial charge is 0.352 e. The van der Waals surface area contributed by atoms with Crippen LogP contribution in [0, 0.1) is 13.8 Å². The highest BCUT2D eigenvalue weighted by Gasteiger charge is 2.29. The molecular formula is C26H32Cl2N2O2S. The van der Waals surface area contributed by atoms with Crippen LogP contribution in [-0.2, 0) is 21.9 Å². The van der Waals surface area contributed by atoms with Crippen LogP contribution in [0.1, 0.15) is 54.9 Å². The molecule has 2 amide bonds. The summed E-state index contributed by atoms with van der Waals surface area (Å²) in [5, 5.41) is 4.10. The molecule has 7 heteroatoms. The summed E-state index contributed by atoms with van der Waals surface area (Å²) in [4.78, 5) is 27.9. The molecule has 3 rings (SSSR count). The van der Waals surface area contributed by atoms with Gasteiger partial charge in [-0.05, 0) is 51.3 Å². The molecule has 178 valence electrons. The quantitative estimate of drug-likeness (QED) is 0.432. The van der Waals surface area contributed by atoms with E-state index in [1.807, 2.05) is 0 Å². The van der Waals surface area contributed by atoms with Crippen molar-refractivity contribution in [1.82, 2.24) is 10.2 Å². The lowest BCUT2D eigenvalue weighted by atomic mass is 10.1. The van der Waals surface area contributed by atoms with E-state index in [4.69, 9.17) is 23.2 Å². The SMILES string of the molecule is Cc1cc(C)cc(CSCC(=O)N(Cc2c(Cl)cccc2Cl)C(C)C(=O)NC2CCCC2)c1. The Morgan fingerprint density at radius 2 is 1.70 bits per heavy atom. The van der Waals surface area contributed by atoms with Gasteiger partial charge in [-0.15, -0.1) is 11.8 Å². The van der Waals surface area contributed by atoms with Crippen molar-refractivity contribution in [2.45, 2.75) is 70.8 Å². The topological polar surface area (TPSA) is 49.4 Å². The van der Waals surface area contributed by atoms with Crippen LogP contribution in [0.5, 0.6) is 0 Å². The third kappa shape index (κ3) is 7.40. The number of halogens is 2. The number of nitrogens with zero attached hydrogens (tertiary/aromatic N) is 1. The molecule has 0 bridgehead atoms. The highest BCUT2D eigenvalue weighted by atomic mass is 35.5. The van der Waals surface area contributed by atoms with Gasteiger partial charge in [0.15, 0.2) is 0 Å². The first-order valence-corrected chi connectivity index (χ1v) is 13.3. The van der Waals surface area contributed by atoms with Crippen LogP contribution in [-0.4, -0.2) is 34.6 Å². The number of amides is 2. The van der Waals surface area contributed by atoms with Gasteiger partial charge in [-0.25, -0.2) is 0 Å². The molecule has 1 atom stereocenters. The smallest absolute Gasteiger partial charge is 0.242 e. The van der Waals surface area contributed by atoms with Crippen LogP contribution in [0.3, 0.4) is 0 Å². The first-order chi connectivity index (χ1) is 15.7. The van der Waals surface area contributed by atoms with Crippen molar-refractivity contribution in [3.63, 3.8) is 0 Å². The summed E-state index contributed by atoms with van der Waals surface area (Å²) in [7, 11) is 0. The van der Waals surface area contributed by atoms with E-state index < -0.39 is 6.04 Å². The lowest BCUT2D eigenvalue weighted by molar-refractivity contribution is -0.138. The summed E-state index contributed by atoms with van der Waals surface area (Å²) >= 11 is 14.3. The fraction of sp³-hybridized carbons (Fsp3) is 0.462. The van der Waals surface area contributed by atoms with Crippen molar-refractivity contribution < 1.29 is 9.59 Å². The Balaban J connectivity index is 1.71. The van der Waals surface area contributed by atoms with E-state index in [-0.39, 0.29) is 30.2 Å². The summed E-state index contributed by atoms with van der Waals surface area (Å²) in [6, 6.07) is 11.3. The molecule has 1 unspecified atom stereocenters. The Morgan fingerprint density at radius 3 is 2.30 bits per heavy atom. The molecule has 4 nitrogen and oxygen atoms in total. The predicted molar refractivity (Wildman–Crippen MR) is 139 cm³/mol. The monoisotopic (exact) mass is 506 g/mol. The summed E-state index contributed by atoms with van der Waals surface area (Å²) in [5.74, 6) is 0.778. The fourth-order valence-corrected chi connectivity index (χ4v) is 5.68. The Kier molecular flexibility index (Phi) is 9.54. The van der Waals surface area contributed by atoms with E-state index >= 15 is 0 Å². The number of carbonyl (C=O) groups is 2. The van der Waals surface area contributed by atoms with Crippen molar-refractivity contribution >= 4 is 46.8 Å². The Morgan fingerprint density at radius 1 is 1.09 bits per heavy atom. The zero-order valence-corrected chi connectivity index (χ0v) is 21.8. The van der Waals surface area contributed by atoms with Crippen molar-refractivity contribution in [3.05, 3.63) is 68.7 Å². The minimum Gasteiger partial charge on any atom is -0.352 e. The van der Waals surface area contributed by atoms with Gasteiger partial charge in [0.05, 0.1) is 5.75 Å². The minimum atomic E-state index is -0.618. The molecule has 1 saturated carbocycles. The van der Waals surface area contributed by atoms with Crippen molar-refractivity contribution in [2.75, 3.05) is 5.75 Å². The molecular weight excluding hydrogens is 475 g/mol. The second-order valence-corrected chi connectivity index (χ2v) is 10.7. The normalized spacial score (nSPS) is 14.8. The van der Waals surface area contributed by atoms with E-state index in [1.54, 1.807) is 41.8 Å². The summed E-state index contributed by atoms with van der Waals surface area (Å²) in [6.45, 7) is 6.13. The molecule has 1 aliphatic rings. The van der Waals surface area contributed by atoms with E-state index in [1.165, 1.54) is 16.7 Å². The molecule has 0 spiro atoms. The number of aryl methyl sites for hydroxylation is 2. The van der Waals surface area contributed by atoms with E-state index in [0.717, 1.165) is 31.4 Å². The molecule has 0 saturated heterocycles. The van der Waals surface area contributed by atoms with Gasteiger partial charge in [-0.2, -0.15) is 0 Å². The molecule has 0 aliphatic heterocycles. The van der Waals surface area contributed by atoms with E-state index in [2.05, 4.69) is 37.4 Å². The maximum atomic E-state index is 13.3. The van der Waals surface area contributed by atoms with Crippen molar-refractivity contribution in [2.24, 2.45) is 0 Å². The zero-order chi connectivity index (χ0) is 24.0. The molecule has 2 aromatic carbocycles. The van der Waals surface area contributed by atoms with Crippen molar-refractivity contribution in [1.29, 1.82) is 0 Å². The standard InChI is InChI=1S/C26H32Cl2N2O2S/c1-17-11-18(2)13-20(12-17)15-33-16-25(31)30(14-22-23(27)9-6-10-24(22)28)19(3)26(32)29-21-7-4-5-8-21/h6,9-13,19,21H,4-5,7-8,14-16H2,1-3H3,(H,29,32). The maximum absolute atomic E-state index is 13.3. The number of rotatable bonds is 9. The average Bonchev–Trinajstić information content (AvgIpc) is 3.25. The second kappa shape index (κ2) is 12.1. The molecule has 0 aromatic heterocycles. The molecule has 1 aliphatic carbocycles. The van der Waals surface area contributed by atoms with Gasteiger partial charge in [-0.3, -0.25) is 9.59 Å². The second-order valence-electron chi connectivity index (χ2n) is 8.88. The summed E-state index contributed by atoms with van der Waals surface area (Å²) in [5.41, 5.74) is 4.28. The van der Waals surface area contributed by atoms with Crippen LogP contribution in [0.15, 0.2) is 36.4 Å². The van der Waals surface area contributed by atoms with Gasteiger partial charge < -0.3 is 10.2 Å². The lowest BCUT2D eigenvalue weighted by Gasteiger charge is -2.30.